The monoisotopic (exact) mass is 230 g/mol. The van der Waals surface area contributed by atoms with Gasteiger partial charge < -0.3 is 4.42 Å². The molecule has 1 saturated heterocycles. The molecule has 1 fully saturated rings. The van der Waals surface area contributed by atoms with Crippen molar-refractivity contribution in [3.63, 3.8) is 0 Å². The molecule has 2 aromatic rings. The van der Waals surface area contributed by atoms with Crippen molar-refractivity contribution in [2.45, 2.75) is 13.0 Å². The Morgan fingerprint density at radius 3 is 2.82 bits per heavy atom. The number of anilines is 1. The second kappa shape index (κ2) is 3.35. The summed E-state index contributed by atoms with van der Waals surface area (Å²) in [4.78, 5) is 24.4. The molecule has 1 aromatic carbocycles. The predicted molar refractivity (Wildman–Crippen MR) is 61.7 cm³/mol. The molecule has 86 valence electrons. The summed E-state index contributed by atoms with van der Waals surface area (Å²) in [7, 11) is 0. The van der Waals surface area contributed by atoms with Crippen LogP contribution in [-0.2, 0) is 4.79 Å². The molecule has 0 radical (unpaired) electrons. The third kappa shape index (κ3) is 1.39. The van der Waals surface area contributed by atoms with Gasteiger partial charge in [0, 0.05) is 11.5 Å². The van der Waals surface area contributed by atoms with Gasteiger partial charge in [0.05, 0.1) is 12.0 Å². The second-order valence-corrected chi connectivity index (χ2v) is 3.98. The fraction of sp³-hybridized carbons (Fsp3) is 0.167. The van der Waals surface area contributed by atoms with Gasteiger partial charge in [-0.3, -0.25) is 15.0 Å². The molecule has 17 heavy (non-hydrogen) atoms. The van der Waals surface area contributed by atoms with Gasteiger partial charge >= 0.3 is 6.03 Å². The molecule has 0 saturated carbocycles. The lowest BCUT2D eigenvalue weighted by Crippen LogP contribution is -2.32. The molecule has 3 amide bonds. The summed E-state index contributed by atoms with van der Waals surface area (Å²) in [5, 5.41) is 3.24. The molecule has 3 rings (SSSR count). The minimum absolute atomic E-state index is 0.283. The Bertz CT molecular complexity index is 617. The molecule has 1 aliphatic heterocycles. The average molecular weight is 230 g/mol. The molecule has 1 aromatic heterocycles. The lowest BCUT2D eigenvalue weighted by atomic mass is 10.2. The standard InChI is InChI=1S/C12H10N2O3/c1-7-11(15)13-12(16)14(7)9-3-2-8-4-5-17-10(8)6-9/h2-7H,1H3,(H,13,15,16). The smallest absolute Gasteiger partial charge is 0.329 e. The first-order chi connectivity index (χ1) is 8.16. The highest BCUT2D eigenvalue weighted by molar-refractivity contribution is 6.14. The highest BCUT2D eigenvalue weighted by atomic mass is 16.3. The topological polar surface area (TPSA) is 62.6 Å². The van der Waals surface area contributed by atoms with E-state index in [9.17, 15) is 9.59 Å². The molecule has 5 heteroatoms. The summed E-state index contributed by atoms with van der Waals surface area (Å²) in [6.07, 6.45) is 1.59. The zero-order valence-corrected chi connectivity index (χ0v) is 9.14. The van der Waals surface area contributed by atoms with Crippen LogP contribution in [0.4, 0.5) is 10.5 Å². The van der Waals surface area contributed by atoms with Gasteiger partial charge in [-0.1, -0.05) is 0 Å². The van der Waals surface area contributed by atoms with Crippen LogP contribution < -0.4 is 10.2 Å². The number of urea groups is 1. The number of benzene rings is 1. The molecule has 1 N–H and O–H groups in total. The predicted octanol–water partition coefficient (Wildman–Crippen LogP) is 1.88. The number of nitrogens with one attached hydrogen (secondary N) is 1. The van der Waals surface area contributed by atoms with Crippen LogP contribution in [0.15, 0.2) is 34.9 Å². The minimum Gasteiger partial charge on any atom is -0.464 e. The van der Waals surface area contributed by atoms with E-state index in [0.29, 0.717) is 11.3 Å². The first-order valence-corrected chi connectivity index (χ1v) is 5.28. The number of hydrogen-bond donors (Lipinski definition) is 1. The van der Waals surface area contributed by atoms with E-state index in [2.05, 4.69) is 5.32 Å². The lowest BCUT2D eigenvalue weighted by Gasteiger charge is -2.18. The van der Waals surface area contributed by atoms with Crippen molar-refractivity contribution in [2.24, 2.45) is 0 Å². The van der Waals surface area contributed by atoms with Crippen LogP contribution in [0.2, 0.25) is 0 Å². The molecule has 0 bridgehead atoms. The lowest BCUT2D eigenvalue weighted by molar-refractivity contribution is -0.119. The quantitative estimate of drug-likeness (QED) is 0.761. The molecule has 0 aliphatic carbocycles. The Balaban J connectivity index is 2.08. The van der Waals surface area contributed by atoms with Crippen LogP contribution in [0.3, 0.4) is 0 Å². The van der Waals surface area contributed by atoms with Crippen molar-refractivity contribution in [3.05, 3.63) is 30.5 Å². The summed E-state index contributed by atoms with van der Waals surface area (Å²) in [6.45, 7) is 1.69. The fourth-order valence-corrected chi connectivity index (χ4v) is 2.00. The number of fused-ring (bicyclic) bond motifs is 1. The first kappa shape index (κ1) is 9.89. The average Bonchev–Trinajstić information content (AvgIpc) is 2.84. The zero-order chi connectivity index (χ0) is 12.0. The third-order valence-corrected chi connectivity index (χ3v) is 2.93. The van der Waals surface area contributed by atoms with Gasteiger partial charge in [-0.25, -0.2) is 4.79 Å². The van der Waals surface area contributed by atoms with E-state index in [1.807, 2.05) is 12.1 Å². The van der Waals surface area contributed by atoms with Gasteiger partial charge in [-0.2, -0.15) is 0 Å². The van der Waals surface area contributed by atoms with Crippen molar-refractivity contribution >= 4 is 28.6 Å². The van der Waals surface area contributed by atoms with E-state index in [4.69, 9.17) is 4.42 Å². The van der Waals surface area contributed by atoms with Crippen LogP contribution >= 0.6 is 0 Å². The van der Waals surface area contributed by atoms with Crippen LogP contribution in [0.5, 0.6) is 0 Å². The molecule has 1 unspecified atom stereocenters. The maximum absolute atomic E-state index is 11.6. The Morgan fingerprint density at radius 1 is 1.29 bits per heavy atom. The van der Waals surface area contributed by atoms with Gasteiger partial charge in [-0.05, 0) is 25.1 Å². The van der Waals surface area contributed by atoms with Gasteiger partial charge in [0.1, 0.15) is 11.6 Å². The van der Waals surface area contributed by atoms with Crippen LogP contribution in [0.25, 0.3) is 11.0 Å². The summed E-state index contributed by atoms with van der Waals surface area (Å²) in [6, 6.07) is 6.37. The molecule has 2 heterocycles. The molecular weight excluding hydrogens is 220 g/mol. The summed E-state index contributed by atoms with van der Waals surface area (Å²) >= 11 is 0. The fourth-order valence-electron chi connectivity index (χ4n) is 2.00. The minimum atomic E-state index is -0.491. The summed E-state index contributed by atoms with van der Waals surface area (Å²) in [5.41, 5.74) is 1.35. The van der Waals surface area contributed by atoms with Gasteiger partial charge in [0.2, 0.25) is 0 Å². The number of rotatable bonds is 1. The number of amides is 3. The highest BCUT2D eigenvalue weighted by Crippen LogP contribution is 2.26. The maximum atomic E-state index is 11.6. The molecule has 0 spiro atoms. The van der Waals surface area contributed by atoms with E-state index < -0.39 is 12.1 Å². The van der Waals surface area contributed by atoms with E-state index in [0.717, 1.165) is 5.39 Å². The number of carbonyl (C=O) groups excluding carboxylic acids is 2. The summed E-state index contributed by atoms with van der Waals surface area (Å²) < 4.78 is 5.27. The van der Waals surface area contributed by atoms with E-state index in [1.54, 1.807) is 25.3 Å². The molecular formula is C12H10N2O3. The van der Waals surface area contributed by atoms with Crippen molar-refractivity contribution in [2.75, 3.05) is 4.90 Å². The number of carbonyl (C=O) groups is 2. The van der Waals surface area contributed by atoms with Gasteiger partial charge in [0.25, 0.3) is 5.91 Å². The maximum Gasteiger partial charge on any atom is 0.329 e. The highest BCUT2D eigenvalue weighted by Gasteiger charge is 2.35. The Labute approximate surface area is 97.0 Å². The summed E-state index contributed by atoms with van der Waals surface area (Å²) in [5.74, 6) is -0.283. The second-order valence-electron chi connectivity index (χ2n) is 3.98. The van der Waals surface area contributed by atoms with Crippen molar-refractivity contribution in [3.8, 4) is 0 Å². The van der Waals surface area contributed by atoms with Gasteiger partial charge in [0.15, 0.2) is 0 Å². The normalized spacial score (nSPS) is 20.1. The Morgan fingerprint density at radius 2 is 2.12 bits per heavy atom. The number of hydrogen-bond acceptors (Lipinski definition) is 3. The molecule has 1 aliphatic rings. The third-order valence-electron chi connectivity index (χ3n) is 2.93. The van der Waals surface area contributed by atoms with Gasteiger partial charge in [-0.15, -0.1) is 0 Å². The number of imide groups is 1. The zero-order valence-electron chi connectivity index (χ0n) is 9.14. The van der Waals surface area contributed by atoms with E-state index in [1.165, 1.54) is 4.90 Å². The van der Waals surface area contributed by atoms with E-state index in [-0.39, 0.29) is 5.91 Å². The van der Waals surface area contributed by atoms with Crippen LogP contribution in [-0.4, -0.2) is 18.0 Å². The Hall–Kier alpha value is -2.30. The van der Waals surface area contributed by atoms with Crippen molar-refractivity contribution in [1.29, 1.82) is 0 Å². The first-order valence-electron chi connectivity index (χ1n) is 5.28. The number of nitrogens with zero attached hydrogens (tertiary/aromatic N) is 1. The van der Waals surface area contributed by atoms with Crippen LogP contribution in [0.1, 0.15) is 6.92 Å². The van der Waals surface area contributed by atoms with Crippen molar-refractivity contribution in [1.82, 2.24) is 5.32 Å². The number of furan rings is 1. The molecule has 5 nitrogen and oxygen atoms in total. The molecule has 1 atom stereocenters. The van der Waals surface area contributed by atoms with Crippen molar-refractivity contribution < 1.29 is 14.0 Å². The SMILES string of the molecule is CC1C(=O)NC(=O)N1c1ccc2ccoc2c1. The van der Waals surface area contributed by atoms with Crippen LogP contribution in [0, 0.1) is 0 Å². The Kier molecular flexibility index (Phi) is 1.95. The largest absolute Gasteiger partial charge is 0.464 e. The van der Waals surface area contributed by atoms with E-state index >= 15 is 0 Å².